The summed E-state index contributed by atoms with van der Waals surface area (Å²) in [5.74, 6) is 0.127. The Morgan fingerprint density at radius 1 is 1.38 bits per heavy atom. The average Bonchev–Trinajstić information content (AvgIpc) is 2.31. The van der Waals surface area contributed by atoms with Crippen LogP contribution in [0.2, 0.25) is 0 Å². The molecule has 1 aromatic rings. The first kappa shape index (κ1) is 11.5. The fourth-order valence-corrected chi connectivity index (χ4v) is 3.75. The van der Waals surface area contributed by atoms with E-state index in [0.29, 0.717) is 6.54 Å². The van der Waals surface area contributed by atoms with Crippen LogP contribution in [0.1, 0.15) is 18.4 Å². The van der Waals surface area contributed by atoms with Gasteiger partial charge in [0.05, 0.1) is 11.0 Å². The lowest BCUT2D eigenvalue weighted by Gasteiger charge is -2.22. The summed E-state index contributed by atoms with van der Waals surface area (Å²) in [5, 5.41) is 2.91. The summed E-state index contributed by atoms with van der Waals surface area (Å²) in [7, 11) is -3.03. The van der Waals surface area contributed by atoms with E-state index < -0.39 is 9.84 Å². The van der Waals surface area contributed by atoms with E-state index in [1.165, 1.54) is 0 Å². The van der Waals surface area contributed by atoms with Crippen LogP contribution in [0.3, 0.4) is 0 Å². The number of hydrogen-bond donors (Lipinski definition) is 1. The molecule has 0 amide bonds. The smallest absolute Gasteiger partial charge is 0.158 e. The molecular weight excluding hydrogens is 224 g/mol. The summed E-state index contributed by atoms with van der Waals surface area (Å²) < 4.78 is 24.2. The molecule has 1 N–H and O–H groups in total. The quantitative estimate of drug-likeness (QED) is 0.847. The van der Waals surface area contributed by atoms with Crippen molar-refractivity contribution in [3.8, 4) is 0 Å². The largest absolute Gasteiger partial charge is 0.315 e. The molecule has 5 heteroatoms. The second-order valence-corrected chi connectivity index (χ2v) is 6.41. The number of pyridine rings is 1. The van der Waals surface area contributed by atoms with Crippen LogP contribution in [0.15, 0.2) is 24.5 Å². The average molecular weight is 240 g/mol. The van der Waals surface area contributed by atoms with Crippen LogP contribution in [0, 0.1) is 0 Å². The first-order valence-corrected chi connectivity index (χ1v) is 7.21. The van der Waals surface area contributed by atoms with Gasteiger partial charge in [-0.3, -0.25) is 4.98 Å². The minimum Gasteiger partial charge on any atom is -0.315 e. The highest BCUT2D eigenvalue weighted by Crippen LogP contribution is 2.16. The Morgan fingerprint density at radius 2 is 2.12 bits per heavy atom. The van der Waals surface area contributed by atoms with Gasteiger partial charge in [0, 0.05) is 18.9 Å². The predicted molar refractivity (Wildman–Crippen MR) is 62.8 cm³/mol. The van der Waals surface area contributed by atoms with Crippen LogP contribution in [-0.4, -0.2) is 31.7 Å². The predicted octanol–water partition coefficient (Wildman–Crippen LogP) is 0.748. The standard InChI is InChI=1S/C11H16N2O2S/c14-16(15,11-2-1-5-13-8-11)9-10-3-6-12-7-4-10/h3-4,6-7,11,13H,1-2,5,8-9H2/t11-/m1/s1. The van der Waals surface area contributed by atoms with Gasteiger partial charge in [0.2, 0.25) is 0 Å². The second-order valence-electron chi connectivity index (χ2n) is 4.13. The van der Waals surface area contributed by atoms with E-state index in [-0.39, 0.29) is 11.0 Å². The Bertz CT molecular complexity index is 425. The van der Waals surface area contributed by atoms with Crippen LogP contribution in [0.5, 0.6) is 0 Å². The minimum atomic E-state index is -3.03. The van der Waals surface area contributed by atoms with Gasteiger partial charge in [-0.15, -0.1) is 0 Å². The third kappa shape index (κ3) is 2.80. The highest BCUT2D eigenvalue weighted by Gasteiger charge is 2.27. The maximum absolute atomic E-state index is 12.1. The van der Waals surface area contributed by atoms with Gasteiger partial charge in [0.1, 0.15) is 0 Å². The van der Waals surface area contributed by atoms with E-state index in [9.17, 15) is 8.42 Å². The van der Waals surface area contributed by atoms with Crippen LogP contribution in [0.4, 0.5) is 0 Å². The SMILES string of the molecule is O=S(=O)(Cc1ccncc1)[C@@H]1CCCNC1. The fourth-order valence-electron chi connectivity index (χ4n) is 1.96. The molecule has 1 aliphatic heterocycles. The van der Waals surface area contributed by atoms with Crippen molar-refractivity contribution in [1.82, 2.24) is 10.3 Å². The maximum Gasteiger partial charge on any atom is 0.158 e. The summed E-state index contributed by atoms with van der Waals surface area (Å²) in [6, 6.07) is 3.52. The van der Waals surface area contributed by atoms with Crippen LogP contribution >= 0.6 is 0 Å². The molecule has 4 nitrogen and oxygen atoms in total. The normalized spacial score (nSPS) is 21.9. The third-order valence-corrected chi connectivity index (χ3v) is 5.03. The van der Waals surface area contributed by atoms with Crippen LogP contribution < -0.4 is 5.32 Å². The molecule has 1 saturated heterocycles. The second kappa shape index (κ2) is 4.93. The van der Waals surface area contributed by atoms with Gasteiger partial charge in [-0.25, -0.2) is 8.42 Å². The van der Waals surface area contributed by atoms with Crippen LogP contribution in [0.25, 0.3) is 0 Å². The van der Waals surface area contributed by atoms with Gasteiger partial charge in [-0.05, 0) is 37.1 Å². The lowest BCUT2D eigenvalue weighted by molar-refractivity contribution is 0.496. The highest BCUT2D eigenvalue weighted by molar-refractivity contribution is 7.91. The highest BCUT2D eigenvalue weighted by atomic mass is 32.2. The number of nitrogens with zero attached hydrogens (tertiary/aromatic N) is 1. The van der Waals surface area contributed by atoms with E-state index in [0.717, 1.165) is 24.9 Å². The Kier molecular flexibility index (Phi) is 3.56. The van der Waals surface area contributed by atoms with Crippen molar-refractivity contribution in [2.75, 3.05) is 13.1 Å². The molecule has 1 aliphatic rings. The number of piperidine rings is 1. The topological polar surface area (TPSA) is 59.1 Å². The van der Waals surface area contributed by atoms with Crippen molar-refractivity contribution >= 4 is 9.84 Å². The molecule has 2 rings (SSSR count). The molecule has 16 heavy (non-hydrogen) atoms. The number of hydrogen-bond acceptors (Lipinski definition) is 4. The maximum atomic E-state index is 12.1. The lowest BCUT2D eigenvalue weighted by Crippen LogP contribution is -2.39. The van der Waals surface area contributed by atoms with Crippen molar-refractivity contribution in [3.63, 3.8) is 0 Å². The Balaban J connectivity index is 2.08. The number of sulfone groups is 1. The summed E-state index contributed by atoms with van der Waals surface area (Å²) in [4.78, 5) is 3.88. The molecule has 0 unspecified atom stereocenters. The number of nitrogens with one attached hydrogen (secondary N) is 1. The zero-order valence-electron chi connectivity index (χ0n) is 9.09. The molecule has 0 spiro atoms. The first-order chi connectivity index (χ1) is 7.68. The zero-order valence-corrected chi connectivity index (χ0v) is 9.91. The van der Waals surface area contributed by atoms with E-state index in [1.54, 1.807) is 24.5 Å². The van der Waals surface area contributed by atoms with Gasteiger partial charge in [0.25, 0.3) is 0 Å². The lowest BCUT2D eigenvalue weighted by atomic mass is 10.2. The molecule has 0 aliphatic carbocycles. The first-order valence-electron chi connectivity index (χ1n) is 5.50. The molecule has 0 saturated carbocycles. The molecule has 88 valence electrons. The van der Waals surface area contributed by atoms with E-state index in [1.807, 2.05) is 0 Å². The molecular formula is C11H16N2O2S. The van der Waals surface area contributed by atoms with Gasteiger partial charge in [0.15, 0.2) is 9.84 Å². The number of rotatable bonds is 3. The zero-order chi connectivity index (χ0) is 11.4. The van der Waals surface area contributed by atoms with Gasteiger partial charge in [-0.2, -0.15) is 0 Å². The summed E-state index contributed by atoms with van der Waals surface area (Å²) in [6.07, 6.45) is 4.98. The van der Waals surface area contributed by atoms with E-state index in [4.69, 9.17) is 0 Å². The summed E-state index contributed by atoms with van der Waals surface area (Å²) in [5.41, 5.74) is 0.820. The van der Waals surface area contributed by atoms with Gasteiger partial charge < -0.3 is 5.32 Å². The van der Waals surface area contributed by atoms with E-state index in [2.05, 4.69) is 10.3 Å². The van der Waals surface area contributed by atoms with Gasteiger partial charge >= 0.3 is 0 Å². The molecule has 0 aromatic carbocycles. The van der Waals surface area contributed by atoms with Crippen molar-refractivity contribution in [3.05, 3.63) is 30.1 Å². The fraction of sp³-hybridized carbons (Fsp3) is 0.545. The Labute approximate surface area is 96.0 Å². The van der Waals surface area contributed by atoms with Crippen molar-refractivity contribution in [2.24, 2.45) is 0 Å². The molecule has 1 fully saturated rings. The third-order valence-electron chi connectivity index (χ3n) is 2.88. The molecule has 1 aromatic heterocycles. The van der Waals surface area contributed by atoms with E-state index >= 15 is 0 Å². The monoisotopic (exact) mass is 240 g/mol. The van der Waals surface area contributed by atoms with Crippen molar-refractivity contribution < 1.29 is 8.42 Å². The summed E-state index contributed by atoms with van der Waals surface area (Å²) >= 11 is 0. The number of aromatic nitrogens is 1. The summed E-state index contributed by atoms with van der Waals surface area (Å²) in [6.45, 7) is 1.52. The molecule has 1 atom stereocenters. The Hall–Kier alpha value is -0.940. The van der Waals surface area contributed by atoms with Crippen molar-refractivity contribution in [2.45, 2.75) is 23.8 Å². The van der Waals surface area contributed by atoms with Gasteiger partial charge in [-0.1, -0.05) is 0 Å². The molecule has 0 bridgehead atoms. The molecule has 0 radical (unpaired) electrons. The molecule has 2 heterocycles. The Morgan fingerprint density at radius 3 is 2.75 bits per heavy atom. The minimum absolute atomic E-state index is 0.127. The van der Waals surface area contributed by atoms with Crippen molar-refractivity contribution in [1.29, 1.82) is 0 Å². The van der Waals surface area contributed by atoms with Crippen LogP contribution in [-0.2, 0) is 15.6 Å².